The fourth-order valence-electron chi connectivity index (χ4n) is 1.93. The van der Waals surface area contributed by atoms with Crippen LogP contribution in [0.3, 0.4) is 0 Å². The molecule has 1 aromatic rings. The lowest BCUT2D eigenvalue weighted by molar-refractivity contribution is -0.119. The number of carbonyl (C=O) groups is 2. The minimum Gasteiger partial charge on any atom is -0.360 e. The fourth-order valence-corrected chi connectivity index (χ4v) is 2.56. The zero-order valence-corrected chi connectivity index (χ0v) is 14.3. The van der Waals surface area contributed by atoms with E-state index < -0.39 is 0 Å². The first-order valence-corrected chi connectivity index (χ1v) is 8.77. The summed E-state index contributed by atoms with van der Waals surface area (Å²) in [6.45, 7) is 5.92. The van der Waals surface area contributed by atoms with E-state index in [-0.39, 0.29) is 29.4 Å². The third-order valence-electron chi connectivity index (χ3n) is 3.01. The number of nitrogens with zero attached hydrogens (tertiary/aromatic N) is 1. The normalized spacial score (nSPS) is 12.0. The number of aryl methyl sites for hydroxylation is 1. The zero-order chi connectivity index (χ0) is 16.4. The Morgan fingerprint density at radius 1 is 1.32 bits per heavy atom. The summed E-state index contributed by atoms with van der Waals surface area (Å²) in [5, 5.41) is 9.24. The predicted octanol–water partition coefficient (Wildman–Crippen LogP) is 2.74. The van der Waals surface area contributed by atoms with E-state index in [1.54, 1.807) is 13.0 Å². The third kappa shape index (κ3) is 8.07. The highest BCUT2D eigenvalue weighted by Gasteiger charge is 2.10. The van der Waals surface area contributed by atoms with Crippen molar-refractivity contribution in [1.82, 2.24) is 10.5 Å². The first-order valence-electron chi connectivity index (χ1n) is 7.61. The standard InChI is InChI=1S/C15H25N3O3S/c1-4-5-6-7-11(2)16-14(19)9-22-10-15(20)17-13-8-12(3)21-18-13/h8,11H,4-7,9-10H2,1-3H3,(H,16,19)(H,17,18,20). The van der Waals surface area contributed by atoms with Crippen molar-refractivity contribution in [2.45, 2.75) is 52.5 Å². The van der Waals surface area contributed by atoms with Gasteiger partial charge in [-0.2, -0.15) is 0 Å². The predicted molar refractivity (Wildman–Crippen MR) is 88.9 cm³/mol. The monoisotopic (exact) mass is 327 g/mol. The van der Waals surface area contributed by atoms with Crippen LogP contribution in [-0.2, 0) is 9.59 Å². The molecule has 1 rings (SSSR count). The lowest BCUT2D eigenvalue weighted by Crippen LogP contribution is -2.34. The van der Waals surface area contributed by atoms with Gasteiger partial charge >= 0.3 is 0 Å². The van der Waals surface area contributed by atoms with E-state index in [1.807, 2.05) is 6.92 Å². The van der Waals surface area contributed by atoms with Crippen molar-refractivity contribution in [3.8, 4) is 0 Å². The number of hydrogen-bond acceptors (Lipinski definition) is 5. The SMILES string of the molecule is CCCCCC(C)NC(=O)CSCC(=O)Nc1cc(C)on1. The number of nitrogens with one attached hydrogen (secondary N) is 2. The summed E-state index contributed by atoms with van der Waals surface area (Å²) in [5.41, 5.74) is 0. The Hall–Kier alpha value is -1.50. The van der Waals surface area contributed by atoms with Crippen molar-refractivity contribution < 1.29 is 14.1 Å². The van der Waals surface area contributed by atoms with E-state index >= 15 is 0 Å². The van der Waals surface area contributed by atoms with Crippen molar-refractivity contribution >= 4 is 29.4 Å². The maximum atomic E-state index is 11.7. The summed E-state index contributed by atoms with van der Waals surface area (Å²) in [5.74, 6) is 1.31. The molecule has 0 saturated heterocycles. The minimum absolute atomic E-state index is 0.0286. The smallest absolute Gasteiger partial charge is 0.235 e. The number of aromatic nitrogens is 1. The zero-order valence-electron chi connectivity index (χ0n) is 13.5. The molecule has 0 radical (unpaired) electrons. The Bertz CT molecular complexity index is 476. The van der Waals surface area contributed by atoms with Gasteiger partial charge in [-0.3, -0.25) is 9.59 Å². The number of thioether (sulfide) groups is 1. The molecule has 2 amide bonds. The topological polar surface area (TPSA) is 84.2 Å². The van der Waals surface area contributed by atoms with Crippen LogP contribution in [0.4, 0.5) is 5.82 Å². The van der Waals surface area contributed by atoms with Crippen LogP contribution in [0.15, 0.2) is 10.6 Å². The van der Waals surface area contributed by atoms with Gasteiger partial charge in [0.05, 0.1) is 11.5 Å². The Balaban J connectivity index is 2.12. The molecular weight excluding hydrogens is 302 g/mol. The largest absolute Gasteiger partial charge is 0.360 e. The second-order valence-electron chi connectivity index (χ2n) is 5.33. The lowest BCUT2D eigenvalue weighted by Gasteiger charge is -2.13. The number of carbonyl (C=O) groups excluding carboxylic acids is 2. The van der Waals surface area contributed by atoms with Gasteiger partial charge < -0.3 is 15.2 Å². The van der Waals surface area contributed by atoms with Crippen LogP contribution in [0, 0.1) is 6.92 Å². The van der Waals surface area contributed by atoms with Crippen LogP contribution in [0.5, 0.6) is 0 Å². The number of hydrogen-bond donors (Lipinski definition) is 2. The molecule has 7 heteroatoms. The van der Waals surface area contributed by atoms with Crippen LogP contribution in [0.1, 0.15) is 45.3 Å². The number of rotatable bonds is 10. The highest BCUT2D eigenvalue weighted by Crippen LogP contribution is 2.08. The first kappa shape index (κ1) is 18.5. The molecule has 1 heterocycles. The first-order chi connectivity index (χ1) is 10.5. The van der Waals surface area contributed by atoms with Crippen molar-refractivity contribution in [2.75, 3.05) is 16.8 Å². The summed E-state index contributed by atoms with van der Waals surface area (Å²) in [4.78, 5) is 23.4. The maximum absolute atomic E-state index is 11.7. The molecule has 0 fully saturated rings. The van der Waals surface area contributed by atoms with E-state index in [1.165, 1.54) is 24.6 Å². The average molecular weight is 327 g/mol. The van der Waals surface area contributed by atoms with Crippen molar-refractivity contribution in [1.29, 1.82) is 0 Å². The van der Waals surface area contributed by atoms with Gasteiger partial charge in [0.25, 0.3) is 0 Å². The molecule has 0 aliphatic heterocycles. The highest BCUT2D eigenvalue weighted by molar-refractivity contribution is 8.00. The Kier molecular flexibility index (Phi) is 8.65. The van der Waals surface area contributed by atoms with Crippen LogP contribution in [0.25, 0.3) is 0 Å². The van der Waals surface area contributed by atoms with Crippen molar-refractivity contribution in [2.24, 2.45) is 0 Å². The van der Waals surface area contributed by atoms with Crippen LogP contribution < -0.4 is 10.6 Å². The van der Waals surface area contributed by atoms with Gasteiger partial charge in [-0.15, -0.1) is 11.8 Å². The highest BCUT2D eigenvalue weighted by atomic mass is 32.2. The third-order valence-corrected chi connectivity index (χ3v) is 3.94. The Labute approximate surface area is 135 Å². The molecule has 22 heavy (non-hydrogen) atoms. The quantitative estimate of drug-likeness (QED) is 0.646. The summed E-state index contributed by atoms with van der Waals surface area (Å²) in [7, 11) is 0. The molecule has 124 valence electrons. The summed E-state index contributed by atoms with van der Waals surface area (Å²) in [6, 6.07) is 1.83. The van der Waals surface area contributed by atoms with E-state index in [0.29, 0.717) is 11.6 Å². The second-order valence-corrected chi connectivity index (χ2v) is 6.31. The summed E-state index contributed by atoms with van der Waals surface area (Å²) < 4.78 is 4.86. The van der Waals surface area contributed by atoms with Crippen molar-refractivity contribution in [3.63, 3.8) is 0 Å². The molecule has 0 aliphatic carbocycles. The fraction of sp³-hybridized carbons (Fsp3) is 0.667. The van der Waals surface area contributed by atoms with E-state index in [4.69, 9.17) is 4.52 Å². The molecule has 1 aromatic heterocycles. The van der Waals surface area contributed by atoms with Gasteiger partial charge in [0.2, 0.25) is 11.8 Å². The van der Waals surface area contributed by atoms with Gasteiger partial charge in [0.15, 0.2) is 5.82 Å². The molecule has 1 unspecified atom stereocenters. The Morgan fingerprint density at radius 2 is 2.05 bits per heavy atom. The van der Waals surface area contributed by atoms with E-state index in [9.17, 15) is 9.59 Å². The molecule has 0 bridgehead atoms. The average Bonchev–Trinajstić information content (AvgIpc) is 2.84. The van der Waals surface area contributed by atoms with Crippen LogP contribution in [-0.4, -0.2) is 34.5 Å². The molecule has 6 nitrogen and oxygen atoms in total. The van der Waals surface area contributed by atoms with Crippen LogP contribution in [0.2, 0.25) is 0 Å². The number of anilines is 1. The van der Waals surface area contributed by atoms with E-state index in [0.717, 1.165) is 12.8 Å². The molecular formula is C15H25N3O3S. The second kappa shape index (κ2) is 10.3. The summed E-state index contributed by atoms with van der Waals surface area (Å²) in [6.07, 6.45) is 4.49. The van der Waals surface area contributed by atoms with Gasteiger partial charge in [-0.05, 0) is 20.3 Å². The molecule has 0 spiro atoms. The molecule has 1 atom stereocenters. The maximum Gasteiger partial charge on any atom is 0.235 e. The van der Waals surface area contributed by atoms with Crippen molar-refractivity contribution in [3.05, 3.63) is 11.8 Å². The van der Waals surface area contributed by atoms with Crippen LogP contribution >= 0.6 is 11.8 Å². The molecule has 0 saturated carbocycles. The summed E-state index contributed by atoms with van der Waals surface area (Å²) >= 11 is 1.28. The number of unbranched alkanes of at least 4 members (excludes halogenated alkanes) is 2. The molecule has 2 N–H and O–H groups in total. The van der Waals surface area contributed by atoms with Gasteiger partial charge in [0.1, 0.15) is 5.76 Å². The Morgan fingerprint density at radius 3 is 2.68 bits per heavy atom. The van der Waals surface area contributed by atoms with Gasteiger partial charge in [-0.25, -0.2) is 0 Å². The lowest BCUT2D eigenvalue weighted by atomic mass is 10.1. The van der Waals surface area contributed by atoms with Gasteiger partial charge in [-0.1, -0.05) is 31.3 Å². The van der Waals surface area contributed by atoms with E-state index in [2.05, 4.69) is 22.7 Å². The number of amides is 2. The minimum atomic E-state index is -0.193. The molecule has 0 aromatic carbocycles. The molecule has 0 aliphatic rings. The van der Waals surface area contributed by atoms with Gasteiger partial charge in [0, 0.05) is 12.1 Å².